The first-order valence-corrected chi connectivity index (χ1v) is 22.9. The van der Waals surface area contributed by atoms with E-state index in [0.717, 1.165) is 22.3 Å². The van der Waals surface area contributed by atoms with Crippen LogP contribution in [0.25, 0.3) is 94.5 Å². The molecule has 6 nitrogen and oxygen atoms in total. The van der Waals surface area contributed by atoms with Crippen molar-refractivity contribution in [3.8, 4) is 73.2 Å². The van der Waals surface area contributed by atoms with E-state index in [4.69, 9.17) is 13.8 Å². The summed E-state index contributed by atoms with van der Waals surface area (Å²) in [6.45, 7) is -10.8. The van der Waals surface area contributed by atoms with Gasteiger partial charge in [-0.25, -0.2) is 4.98 Å². The molecule has 0 bridgehead atoms. The molecular formula is C65H53N5OPt-2. The van der Waals surface area contributed by atoms with Crippen LogP contribution in [0.1, 0.15) is 106 Å². The quantitative estimate of drug-likeness (QED) is 0.127. The van der Waals surface area contributed by atoms with Crippen molar-refractivity contribution in [1.29, 1.82) is 0 Å². The SMILES string of the molecule is [2H]c1c([2H])c([2H])c(-c2cncc3c2-[n+]2[c-]n(-c4[c-]c(Oc5[c-]c6c(c7c5C(C([2H])([2H])[2H])(C([2H])([2H])[2H])C([2H])([2H])C([2H])([2H])C7(C([2H])([2H])[2H])C([2H])([2H])[2H])c5ccccc5n6-c5cc(C(C)(C)C)ccn5)ccc4)c4cccc(c42)-c2ccccc2-c2ccccc2-3)c([2H])c1[2H].[Pt]. The summed E-state index contributed by atoms with van der Waals surface area (Å²) in [7, 11) is 0. The van der Waals surface area contributed by atoms with Gasteiger partial charge in [0.1, 0.15) is 5.82 Å². The second-order valence-electron chi connectivity index (χ2n) is 18.8. The van der Waals surface area contributed by atoms with E-state index in [1.54, 1.807) is 57.8 Å². The molecule has 1 aliphatic carbocycles. The molecular weight excluding hydrogens is 1060 g/mol. The van der Waals surface area contributed by atoms with Crippen LogP contribution in [0.4, 0.5) is 0 Å². The molecule has 0 amide bonds. The molecule has 0 radical (unpaired) electrons. The molecule has 1 aliphatic heterocycles. The summed E-state index contributed by atoms with van der Waals surface area (Å²) in [4.78, 5) is 9.35. The number of aromatic nitrogens is 5. The zero-order chi connectivity index (χ0) is 66.3. The minimum atomic E-state index is -4.45. The normalized spacial score (nSPS) is 20.7. The molecule has 13 rings (SSSR count). The van der Waals surface area contributed by atoms with Crippen molar-refractivity contribution in [2.75, 3.05) is 0 Å². The summed E-state index contributed by atoms with van der Waals surface area (Å²) >= 11 is 0. The van der Waals surface area contributed by atoms with Crippen molar-refractivity contribution >= 4 is 32.8 Å². The van der Waals surface area contributed by atoms with Crippen molar-refractivity contribution in [3.63, 3.8) is 0 Å². The van der Waals surface area contributed by atoms with E-state index in [9.17, 15) is 24.7 Å². The van der Waals surface area contributed by atoms with Crippen LogP contribution in [-0.2, 0) is 37.3 Å². The van der Waals surface area contributed by atoms with Crippen molar-refractivity contribution in [2.45, 2.75) is 77.2 Å². The third kappa shape index (κ3) is 7.12. The van der Waals surface area contributed by atoms with Gasteiger partial charge in [-0.3, -0.25) is 9.55 Å². The number of pyridine rings is 2. The molecule has 2 aliphatic rings. The summed E-state index contributed by atoms with van der Waals surface area (Å²) in [6, 6.07) is 38.2. The Kier molecular flexibility index (Phi) is 6.55. The Balaban J connectivity index is 0.00000832. The number of rotatable bonds is 5. The fourth-order valence-electron chi connectivity index (χ4n) is 10.2. The molecule has 7 aromatic carbocycles. The summed E-state index contributed by atoms with van der Waals surface area (Å²) < 4.78 is 207. The van der Waals surface area contributed by atoms with E-state index in [-0.39, 0.29) is 65.9 Å². The number of hydrogen-bond acceptors (Lipinski definition) is 3. The second-order valence-corrected chi connectivity index (χ2v) is 18.8. The third-order valence-electron chi connectivity index (χ3n) is 13.4. The van der Waals surface area contributed by atoms with E-state index >= 15 is 0 Å². The molecule has 4 aromatic heterocycles. The zero-order valence-corrected chi connectivity index (χ0v) is 41.0. The molecule has 0 atom stereocenters. The van der Waals surface area contributed by atoms with Gasteiger partial charge in [0.05, 0.1) is 23.6 Å². The summed E-state index contributed by atoms with van der Waals surface area (Å²) in [5, 5.41) is -0.475. The molecule has 0 spiro atoms. The van der Waals surface area contributed by atoms with Crippen LogP contribution in [0.15, 0.2) is 170 Å². The molecule has 11 aromatic rings. The molecule has 0 saturated carbocycles. The van der Waals surface area contributed by atoms with E-state index < -0.39 is 109 Å². The predicted molar refractivity (Wildman–Crippen MR) is 287 cm³/mol. The molecule has 5 heterocycles. The number of nitrogens with zero attached hydrogens (tertiary/aromatic N) is 5. The maximum absolute atomic E-state index is 9.87. The number of ether oxygens (including phenoxy) is 1. The monoisotopic (exact) mass is 1140 g/mol. The van der Waals surface area contributed by atoms with Crippen LogP contribution in [0, 0.1) is 18.5 Å². The van der Waals surface area contributed by atoms with Gasteiger partial charge in [0, 0.05) is 89.7 Å². The Morgan fingerprint density at radius 3 is 2.07 bits per heavy atom. The third-order valence-corrected chi connectivity index (χ3v) is 13.4. The summed E-state index contributed by atoms with van der Waals surface area (Å²) in [6.07, 6.45) is -0.871. The number of hydrogen-bond donors (Lipinski definition) is 0. The van der Waals surface area contributed by atoms with E-state index in [1.165, 1.54) is 41.2 Å². The number of para-hydroxylation sites is 2. The summed E-state index contributed by atoms with van der Waals surface area (Å²) in [5.74, 6) is -1.23. The fourth-order valence-corrected chi connectivity index (χ4v) is 10.2. The van der Waals surface area contributed by atoms with Gasteiger partial charge in [-0.2, -0.15) is 12.1 Å². The topological polar surface area (TPSA) is 48.8 Å². The van der Waals surface area contributed by atoms with Crippen molar-refractivity contribution < 1.29 is 59.2 Å². The molecule has 0 saturated heterocycles. The zero-order valence-electron chi connectivity index (χ0n) is 59.7. The van der Waals surface area contributed by atoms with Crippen molar-refractivity contribution in [1.82, 2.24) is 19.1 Å². The Morgan fingerprint density at radius 2 is 1.33 bits per heavy atom. The fraction of sp³-hybridized carbons (Fsp3) is 0.185. The van der Waals surface area contributed by atoms with Crippen molar-refractivity contribution in [2.24, 2.45) is 0 Å². The average molecular weight is 1140 g/mol. The predicted octanol–water partition coefficient (Wildman–Crippen LogP) is 15.6. The van der Waals surface area contributed by atoms with Crippen LogP contribution in [0.3, 0.4) is 0 Å². The van der Waals surface area contributed by atoms with Crippen LogP contribution in [0.2, 0.25) is 0 Å². The van der Waals surface area contributed by atoms with Gasteiger partial charge < -0.3 is 13.9 Å². The summed E-state index contributed by atoms with van der Waals surface area (Å²) in [5.41, 5.74) is -5.23. The van der Waals surface area contributed by atoms with E-state index in [2.05, 4.69) is 23.4 Å². The average Bonchev–Trinajstić information content (AvgIpc) is 1.35. The Hall–Kier alpha value is -7.40. The first-order valence-electron chi connectivity index (χ1n) is 33.4. The van der Waals surface area contributed by atoms with Crippen LogP contribution in [0.5, 0.6) is 11.5 Å². The van der Waals surface area contributed by atoms with Gasteiger partial charge in [-0.15, -0.1) is 29.3 Å². The molecule has 356 valence electrons. The molecule has 0 unspecified atom stereocenters. The van der Waals surface area contributed by atoms with Crippen molar-refractivity contribution in [3.05, 3.63) is 205 Å². The first-order chi connectivity index (χ1) is 43.0. The molecule has 0 N–H and O–H groups in total. The van der Waals surface area contributed by atoms with Gasteiger partial charge in [-0.05, 0) is 85.4 Å². The minimum absolute atomic E-state index is 0. The minimum Gasteiger partial charge on any atom is -0.509 e. The van der Waals surface area contributed by atoms with Gasteiger partial charge in [-0.1, -0.05) is 186 Å². The molecule has 72 heavy (non-hydrogen) atoms. The molecule has 7 heteroatoms. The maximum atomic E-state index is 9.87. The van der Waals surface area contributed by atoms with Gasteiger partial charge >= 0.3 is 0 Å². The first kappa shape index (κ1) is 28.0. The van der Waals surface area contributed by atoms with E-state index in [1.807, 2.05) is 75.4 Å². The van der Waals surface area contributed by atoms with Gasteiger partial charge in [0.2, 0.25) is 0 Å². The standard InChI is InChI=1S/C65H53N5O.Pt/c1-63(2,3)42-31-34-67-57(35-42)70-53-29-16-15-27-50(53)58-55(70)37-56(59-60(58)65(6,7)33-32-64(59,4)5)71-44-22-17-21-43(36-44)68-40-69-61-51(41-19-9-8-10-20-41)38-66-39-52(61)48-26-14-12-24-46(48)45-23-11-13-25-47(45)49-28-18-30-54(68)62(49)69;/h8-31,34-35,38-39H,32-33H2,1-7H3;/q-2;/i4D3,5D3,6D3,7D3,8D,9D,10D,19D,20D,32D2,33D2;. The van der Waals surface area contributed by atoms with Crippen LogP contribution in [-0.4, -0.2) is 19.1 Å². The number of fused-ring (bicyclic) bond motifs is 12. The van der Waals surface area contributed by atoms with Gasteiger partial charge in [0.15, 0.2) is 0 Å². The van der Waals surface area contributed by atoms with Gasteiger partial charge in [0.25, 0.3) is 6.33 Å². The Morgan fingerprint density at radius 1 is 0.694 bits per heavy atom. The smallest absolute Gasteiger partial charge is 0.268 e. The molecule has 0 fully saturated rings. The Labute approximate surface area is 465 Å². The van der Waals surface area contributed by atoms with Crippen LogP contribution >= 0.6 is 0 Å². The maximum Gasteiger partial charge on any atom is 0.268 e. The number of benzene rings is 7. The Bertz CT molecular complexity index is 4880. The van der Waals surface area contributed by atoms with Crippen LogP contribution < -0.4 is 9.30 Å². The largest absolute Gasteiger partial charge is 0.509 e. The second kappa shape index (κ2) is 16.9. The van der Waals surface area contributed by atoms with E-state index in [0.29, 0.717) is 33.4 Å². The number of imidazole rings is 1.